The second-order valence-corrected chi connectivity index (χ2v) is 4.82. The van der Waals surface area contributed by atoms with Crippen LogP contribution in [-0.4, -0.2) is 17.0 Å². The zero-order valence-corrected chi connectivity index (χ0v) is 12.3. The molecule has 1 unspecified atom stereocenters. The van der Waals surface area contributed by atoms with E-state index in [0.717, 1.165) is 5.56 Å². The molecule has 0 aliphatic rings. The minimum absolute atomic E-state index is 0.0252. The number of nitrogens with zero attached hydrogens (tertiary/aromatic N) is 2. The molecule has 6 nitrogen and oxygen atoms in total. The van der Waals surface area contributed by atoms with Crippen LogP contribution in [0.1, 0.15) is 18.5 Å². The number of rotatable bonds is 5. The van der Waals surface area contributed by atoms with Crippen molar-refractivity contribution in [3.63, 3.8) is 0 Å². The van der Waals surface area contributed by atoms with Gasteiger partial charge >= 0.3 is 0 Å². The molecule has 0 saturated heterocycles. The summed E-state index contributed by atoms with van der Waals surface area (Å²) in [6, 6.07) is 8.04. The molecule has 0 aliphatic heterocycles. The van der Waals surface area contributed by atoms with Crippen LogP contribution in [0.25, 0.3) is 0 Å². The van der Waals surface area contributed by atoms with Crippen molar-refractivity contribution >= 4 is 17.3 Å². The molecule has 1 aromatic heterocycles. The predicted octanol–water partition coefficient (Wildman–Crippen LogP) is 3.72. The molecule has 110 valence electrons. The van der Waals surface area contributed by atoms with E-state index in [-0.39, 0.29) is 16.8 Å². The van der Waals surface area contributed by atoms with Crippen molar-refractivity contribution in [1.29, 1.82) is 0 Å². The van der Waals surface area contributed by atoms with E-state index in [0.29, 0.717) is 11.6 Å². The Morgan fingerprint density at radius 2 is 2.14 bits per heavy atom. The molecule has 7 heteroatoms. The van der Waals surface area contributed by atoms with Gasteiger partial charge in [-0.25, -0.2) is 4.98 Å². The van der Waals surface area contributed by atoms with Crippen molar-refractivity contribution in [3.05, 3.63) is 57.2 Å². The summed E-state index contributed by atoms with van der Waals surface area (Å²) in [5.41, 5.74) is 0.866. The van der Waals surface area contributed by atoms with Crippen LogP contribution in [-0.2, 0) is 0 Å². The molecule has 2 aromatic rings. The summed E-state index contributed by atoms with van der Waals surface area (Å²) >= 11 is 5.84. The maximum Gasteiger partial charge on any atom is 0.288 e. The van der Waals surface area contributed by atoms with Gasteiger partial charge in [-0.1, -0.05) is 11.6 Å². The van der Waals surface area contributed by atoms with E-state index in [1.165, 1.54) is 18.2 Å². The average molecular weight is 308 g/mol. The Hall–Kier alpha value is -2.18. The summed E-state index contributed by atoms with van der Waals surface area (Å²) in [5.74, 6) is 0.798. The fraction of sp³-hybridized carbons (Fsp3) is 0.214. The van der Waals surface area contributed by atoms with Crippen molar-refractivity contribution in [2.24, 2.45) is 0 Å². The van der Waals surface area contributed by atoms with Crippen LogP contribution in [0.2, 0.25) is 5.02 Å². The Bertz CT molecular complexity index is 664. The first kappa shape index (κ1) is 15.2. The molecule has 0 saturated carbocycles. The SMILES string of the molecule is CNC(C)c1ccnc(Oc2ccc([N+](=O)[O-])c(Cl)c2)c1. The number of aromatic nitrogens is 1. The van der Waals surface area contributed by atoms with Crippen LogP contribution in [0, 0.1) is 10.1 Å². The van der Waals surface area contributed by atoms with E-state index in [1.807, 2.05) is 20.0 Å². The first-order valence-corrected chi connectivity index (χ1v) is 6.64. The predicted molar refractivity (Wildman–Crippen MR) is 79.9 cm³/mol. The fourth-order valence-corrected chi connectivity index (χ4v) is 1.98. The number of hydrogen-bond acceptors (Lipinski definition) is 5. The quantitative estimate of drug-likeness (QED) is 0.673. The first-order chi connectivity index (χ1) is 10.0. The molecule has 1 aromatic carbocycles. The molecule has 0 bridgehead atoms. The molecule has 21 heavy (non-hydrogen) atoms. The molecule has 0 amide bonds. The average Bonchev–Trinajstić information content (AvgIpc) is 2.46. The number of halogens is 1. The second-order valence-electron chi connectivity index (χ2n) is 4.41. The summed E-state index contributed by atoms with van der Waals surface area (Å²) in [6.07, 6.45) is 1.64. The van der Waals surface area contributed by atoms with Crippen molar-refractivity contribution < 1.29 is 9.66 Å². The Balaban J connectivity index is 2.22. The lowest BCUT2D eigenvalue weighted by Gasteiger charge is -2.12. The van der Waals surface area contributed by atoms with Crippen LogP contribution < -0.4 is 10.1 Å². The topological polar surface area (TPSA) is 77.3 Å². The maximum atomic E-state index is 10.7. The molecule has 0 aliphatic carbocycles. The highest BCUT2D eigenvalue weighted by Crippen LogP contribution is 2.30. The maximum absolute atomic E-state index is 10.7. The normalized spacial score (nSPS) is 12.0. The van der Waals surface area contributed by atoms with Gasteiger partial charge < -0.3 is 10.1 Å². The third-order valence-corrected chi connectivity index (χ3v) is 3.33. The molecule has 0 radical (unpaired) electrons. The molecule has 0 fully saturated rings. The third kappa shape index (κ3) is 3.68. The van der Waals surface area contributed by atoms with Gasteiger partial charge in [0.2, 0.25) is 5.88 Å². The van der Waals surface area contributed by atoms with Gasteiger partial charge in [0.1, 0.15) is 10.8 Å². The van der Waals surface area contributed by atoms with Crippen LogP contribution in [0.5, 0.6) is 11.6 Å². The number of pyridine rings is 1. The third-order valence-electron chi connectivity index (χ3n) is 3.03. The minimum atomic E-state index is -0.542. The van der Waals surface area contributed by atoms with E-state index < -0.39 is 4.92 Å². The number of nitro groups is 1. The standard InChI is InChI=1S/C14H14ClN3O3/c1-9(16-2)10-5-6-17-14(7-10)21-11-3-4-13(18(19)20)12(15)8-11/h3-9,16H,1-2H3. The number of ether oxygens (including phenoxy) is 1. The molecular weight excluding hydrogens is 294 g/mol. The van der Waals surface area contributed by atoms with Crippen molar-refractivity contribution in [2.75, 3.05) is 7.05 Å². The summed E-state index contributed by atoms with van der Waals surface area (Å²) in [4.78, 5) is 14.3. The smallest absolute Gasteiger partial charge is 0.288 e. The van der Waals surface area contributed by atoms with E-state index >= 15 is 0 Å². The summed E-state index contributed by atoms with van der Waals surface area (Å²) < 4.78 is 5.58. The molecule has 1 atom stereocenters. The van der Waals surface area contributed by atoms with E-state index in [2.05, 4.69) is 10.3 Å². The van der Waals surface area contributed by atoms with Gasteiger partial charge in [-0.3, -0.25) is 10.1 Å². The van der Waals surface area contributed by atoms with Crippen LogP contribution in [0.15, 0.2) is 36.5 Å². The van der Waals surface area contributed by atoms with E-state index in [1.54, 1.807) is 12.3 Å². The van der Waals surface area contributed by atoms with Gasteiger partial charge in [-0.15, -0.1) is 0 Å². The van der Waals surface area contributed by atoms with Gasteiger partial charge in [0.15, 0.2) is 0 Å². The van der Waals surface area contributed by atoms with Crippen molar-refractivity contribution in [2.45, 2.75) is 13.0 Å². The highest BCUT2D eigenvalue weighted by Gasteiger charge is 2.13. The summed E-state index contributed by atoms with van der Waals surface area (Å²) in [6.45, 7) is 2.02. The monoisotopic (exact) mass is 307 g/mol. The molecule has 1 heterocycles. The van der Waals surface area contributed by atoms with Crippen molar-refractivity contribution in [1.82, 2.24) is 10.3 Å². The lowest BCUT2D eigenvalue weighted by molar-refractivity contribution is -0.384. The van der Waals surface area contributed by atoms with E-state index in [4.69, 9.17) is 16.3 Å². The zero-order chi connectivity index (χ0) is 15.4. The molecule has 1 N–H and O–H groups in total. The summed E-state index contributed by atoms with van der Waals surface area (Å²) in [5, 5.41) is 13.9. The second kappa shape index (κ2) is 6.51. The van der Waals surface area contributed by atoms with Gasteiger partial charge in [0, 0.05) is 30.4 Å². The van der Waals surface area contributed by atoms with Gasteiger partial charge in [0.05, 0.1) is 4.92 Å². The van der Waals surface area contributed by atoms with Crippen LogP contribution >= 0.6 is 11.6 Å². The molecule has 2 rings (SSSR count). The lowest BCUT2D eigenvalue weighted by Crippen LogP contribution is -2.12. The van der Waals surface area contributed by atoms with Gasteiger partial charge in [0.25, 0.3) is 5.69 Å². The Morgan fingerprint density at radius 3 is 2.76 bits per heavy atom. The molecular formula is C14H14ClN3O3. The number of nitrogens with one attached hydrogen (secondary N) is 1. The van der Waals surface area contributed by atoms with Crippen LogP contribution in [0.4, 0.5) is 5.69 Å². The Labute approximate surface area is 126 Å². The Kier molecular flexibility index (Phi) is 4.72. The zero-order valence-electron chi connectivity index (χ0n) is 11.5. The number of hydrogen-bond donors (Lipinski definition) is 1. The van der Waals surface area contributed by atoms with Gasteiger partial charge in [-0.2, -0.15) is 0 Å². The van der Waals surface area contributed by atoms with Crippen LogP contribution in [0.3, 0.4) is 0 Å². The number of nitro benzene ring substituents is 1. The van der Waals surface area contributed by atoms with Crippen molar-refractivity contribution in [3.8, 4) is 11.6 Å². The summed E-state index contributed by atoms with van der Waals surface area (Å²) in [7, 11) is 1.86. The lowest BCUT2D eigenvalue weighted by atomic mass is 10.1. The highest BCUT2D eigenvalue weighted by atomic mass is 35.5. The fourth-order valence-electron chi connectivity index (χ4n) is 1.74. The minimum Gasteiger partial charge on any atom is -0.439 e. The highest BCUT2D eigenvalue weighted by molar-refractivity contribution is 6.32. The largest absolute Gasteiger partial charge is 0.439 e. The molecule has 0 spiro atoms. The van der Waals surface area contributed by atoms with E-state index in [9.17, 15) is 10.1 Å². The number of benzene rings is 1. The first-order valence-electron chi connectivity index (χ1n) is 6.26. The van der Waals surface area contributed by atoms with Gasteiger partial charge in [-0.05, 0) is 31.7 Å². The Morgan fingerprint density at radius 1 is 1.38 bits per heavy atom.